The van der Waals surface area contributed by atoms with Crippen LogP contribution >= 0.6 is 11.6 Å². The van der Waals surface area contributed by atoms with E-state index in [9.17, 15) is 5.11 Å². The monoisotopic (exact) mass is 314 g/mol. The Morgan fingerprint density at radius 3 is 2.82 bits per heavy atom. The van der Waals surface area contributed by atoms with Gasteiger partial charge in [0, 0.05) is 36.7 Å². The van der Waals surface area contributed by atoms with E-state index in [0.29, 0.717) is 11.6 Å². The van der Waals surface area contributed by atoms with Crippen molar-refractivity contribution in [1.82, 2.24) is 19.7 Å². The minimum absolute atomic E-state index is 0.00578. The number of rotatable bonds is 4. The van der Waals surface area contributed by atoms with Crippen LogP contribution in [0.15, 0.2) is 42.7 Å². The molecule has 112 valence electrons. The topological polar surface area (TPSA) is 63.8 Å². The fraction of sp³-hybridized carbons (Fsp3) is 0.188. The number of halogens is 1. The molecule has 22 heavy (non-hydrogen) atoms. The highest BCUT2D eigenvalue weighted by molar-refractivity contribution is 6.30. The molecule has 0 bridgehead atoms. The molecule has 5 nitrogen and oxygen atoms in total. The van der Waals surface area contributed by atoms with Crippen molar-refractivity contribution in [2.24, 2.45) is 0 Å². The summed E-state index contributed by atoms with van der Waals surface area (Å²) in [7, 11) is 0. The highest BCUT2D eigenvalue weighted by Gasteiger charge is 2.13. The molecule has 0 spiro atoms. The summed E-state index contributed by atoms with van der Waals surface area (Å²) in [5, 5.41) is 14.2. The lowest BCUT2D eigenvalue weighted by Crippen LogP contribution is -2.06. The first-order valence-electron chi connectivity index (χ1n) is 6.93. The number of nitrogens with zero attached hydrogens (tertiary/aromatic N) is 4. The van der Waals surface area contributed by atoms with Crippen LogP contribution in [0.4, 0.5) is 0 Å². The third-order valence-electron chi connectivity index (χ3n) is 3.30. The van der Waals surface area contributed by atoms with Crippen LogP contribution in [-0.2, 0) is 6.42 Å². The van der Waals surface area contributed by atoms with Gasteiger partial charge in [0.05, 0.1) is 11.4 Å². The second-order valence-corrected chi connectivity index (χ2v) is 5.24. The fourth-order valence-electron chi connectivity index (χ4n) is 2.30. The van der Waals surface area contributed by atoms with Gasteiger partial charge in [-0.1, -0.05) is 17.7 Å². The van der Waals surface area contributed by atoms with Crippen LogP contribution in [0.25, 0.3) is 17.1 Å². The Morgan fingerprint density at radius 1 is 1.23 bits per heavy atom. The van der Waals surface area contributed by atoms with E-state index in [1.165, 1.54) is 0 Å². The van der Waals surface area contributed by atoms with Crippen molar-refractivity contribution >= 4 is 11.6 Å². The summed E-state index contributed by atoms with van der Waals surface area (Å²) in [6.07, 6.45) is 4.02. The molecule has 0 amide bonds. The molecule has 0 aliphatic heterocycles. The third kappa shape index (κ3) is 2.86. The SMILES string of the molecule is Cc1cc(-n2ccc(-c3ccccn3)n2)c(CCO)c(Cl)n1. The smallest absolute Gasteiger partial charge is 0.134 e. The number of hydrogen-bond acceptors (Lipinski definition) is 4. The van der Waals surface area contributed by atoms with Crippen molar-refractivity contribution in [1.29, 1.82) is 0 Å². The van der Waals surface area contributed by atoms with E-state index < -0.39 is 0 Å². The normalized spacial score (nSPS) is 10.9. The van der Waals surface area contributed by atoms with Gasteiger partial charge in [0.2, 0.25) is 0 Å². The van der Waals surface area contributed by atoms with Gasteiger partial charge >= 0.3 is 0 Å². The standard InChI is InChI=1S/C16H15ClN4O/c1-11-10-15(12(6-9-22)16(17)19-11)21-8-5-14(20-21)13-4-2-3-7-18-13/h2-5,7-8,10,22H,6,9H2,1H3. The Kier molecular flexibility index (Phi) is 4.18. The molecular formula is C16H15ClN4O. The Bertz CT molecular complexity index is 786. The van der Waals surface area contributed by atoms with Crippen LogP contribution < -0.4 is 0 Å². The van der Waals surface area contributed by atoms with Crippen molar-refractivity contribution in [3.8, 4) is 17.1 Å². The van der Waals surface area contributed by atoms with Crippen LogP contribution in [0.5, 0.6) is 0 Å². The molecule has 0 aliphatic carbocycles. The molecule has 0 saturated carbocycles. The van der Waals surface area contributed by atoms with E-state index in [1.807, 2.05) is 43.5 Å². The molecule has 3 rings (SSSR count). The molecule has 3 aromatic heterocycles. The van der Waals surface area contributed by atoms with Gasteiger partial charge in [-0.3, -0.25) is 4.98 Å². The Balaban J connectivity index is 2.07. The highest BCUT2D eigenvalue weighted by atomic mass is 35.5. The van der Waals surface area contributed by atoms with E-state index in [2.05, 4.69) is 15.1 Å². The van der Waals surface area contributed by atoms with Crippen molar-refractivity contribution < 1.29 is 5.11 Å². The number of aliphatic hydroxyl groups excluding tert-OH is 1. The van der Waals surface area contributed by atoms with Gasteiger partial charge in [0.15, 0.2) is 0 Å². The Labute approximate surface area is 133 Å². The van der Waals surface area contributed by atoms with E-state index >= 15 is 0 Å². The summed E-state index contributed by atoms with van der Waals surface area (Å²) in [5.74, 6) is 0. The van der Waals surface area contributed by atoms with E-state index in [4.69, 9.17) is 11.6 Å². The zero-order valence-corrected chi connectivity index (χ0v) is 12.8. The third-order valence-corrected chi connectivity index (χ3v) is 3.62. The predicted octanol–water partition coefficient (Wildman–Crippen LogP) is 2.83. The molecule has 6 heteroatoms. The van der Waals surface area contributed by atoms with Crippen molar-refractivity contribution in [3.63, 3.8) is 0 Å². The quantitative estimate of drug-likeness (QED) is 0.752. The van der Waals surface area contributed by atoms with Gasteiger partial charge in [-0.2, -0.15) is 5.10 Å². The van der Waals surface area contributed by atoms with Gasteiger partial charge in [-0.05, 0) is 31.2 Å². The number of aliphatic hydroxyl groups is 1. The summed E-state index contributed by atoms with van der Waals surface area (Å²) in [6, 6.07) is 9.50. The lowest BCUT2D eigenvalue weighted by molar-refractivity contribution is 0.299. The first-order chi connectivity index (χ1) is 10.7. The average molecular weight is 315 g/mol. The van der Waals surface area contributed by atoms with Gasteiger partial charge in [0.25, 0.3) is 0 Å². The summed E-state index contributed by atoms with van der Waals surface area (Å²) < 4.78 is 1.75. The molecule has 0 saturated heterocycles. The van der Waals surface area contributed by atoms with Crippen LogP contribution in [0, 0.1) is 6.92 Å². The molecule has 0 aromatic carbocycles. The maximum atomic E-state index is 9.24. The number of pyridine rings is 2. The van der Waals surface area contributed by atoms with Crippen LogP contribution in [0.3, 0.4) is 0 Å². The first kappa shape index (κ1) is 14.7. The van der Waals surface area contributed by atoms with Gasteiger partial charge in [-0.25, -0.2) is 9.67 Å². The molecule has 0 unspecified atom stereocenters. The van der Waals surface area contributed by atoms with E-state index in [0.717, 1.165) is 28.3 Å². The molecule has 0 radical (unpaired) electrons. The zero-order valence-electron chi connectivity index (χ0n) is 12.1. The maximum Gasteiger partial charge on any atom is 0.134 e. The molecule has 3 aromatic rings. The largest absolute Gasteiger partial charge is 0.396 e. The molecule has 1 N–H and O–H groups in total. The lowest BCUT2D eigenvalue weighted by Gasteiger charge is -2.11. The average Bonchev–Trinajstić information content (AvgIpc) is 3.00. The minimum atomic E-state index is 0.00578. The second-order valence-electron chi connectivity index (χ2n) is 4.89. The molecule has 3 heterocycles. The summed E-state index contributed by atoms with van der Waals surface area (Å²) >= 11 is 6.21. The molecular weight excluding hydrogens is 300 g/mol. The van der Waals surface area contributed by atoms with E-state index in [-0.39, 0.29) is 6.61 Å². The highest BCUT2D eigenvalue weighted by Crippen LogP contribution is 2.24. The summed E-state index contributed by atoms with van der Waals surface area (Å²) in [4.78, 5) is 8.54. The number of aryl methyl sites for hydroxylation is 1. The van der Waals surface area contributed by atoms with Gasteiger partial charge in [0.1, 0.15) is 10.8 Å². The maximum absolute atomic E-state index is 9.24. The van der Waals surface area contributed by atoms with Crippen molar-refractivity contribution in [3.05, 3.63) is 59.1 Å². The van der Waals surface area contributed by atoms with Gasteiger partial charge < -0.3 is 5.11 Å². The Morgan fingerprint density at radius 2 is 2.09 bits per heavy atom. The summed E-state index contributed by atoms with van der Waals surface area (Å²) in [6.45, 7) is 1.88. The summed E-state index contributed by atoms with van der Waals surface area (Å²) in [5.41, 5.74) is 4.00. The lowest BCUT2D eigenvalue weighted by atomic mass is 10.1. The van der Waals surface area contributed by atoms with Crippen LogP contribution in [-0.4, -0.2) is 31.5 Å². The van der Waals surface area contributed by atoms with Gasteiger partial charge in [-0.15, -0.1) is 0 Å². The predicted molar refractivity (Wildman–Crippen MR) is 85.1 cm³/mol. The van der Waals surface area contributed by atoms with Crippen molar-refractivity contribution in [2.75, 3.05) is 6.61 Å². The number of aromatic nitrogens is 4. The first-order valence-corrected chi connectivity index (χ1v) is 7.31. The minimum Gasteiger partial charge on any atom is -0.396 e. The second kappa shape index (κ2) is 6.25. The van der Waals surface area contributed by atoms with Crippen LogP contribution in [0.1, 0.15) is 11.3 Å². The fourth-order valence-corrected chi connectivity index (χ4v) is 2.63. The molecule has 0 atom stereocenters. The van der Waals surface area contributed by atoms with Crippen LogP contribution in [0.2, 0.25) is 5.15 Å². The van der Waals surface area contributed by atoms with Crippen molar-refractivity contribution in [2.45, 2.75) is 13.3 Å². The number of hydrogen-bond donors (Lipinski definition) is 1. The van der Waals surface area contributed by atoms with E-state index in [1.54, 1.807) is 10.9 Å². The molecule has 0 aliphatic rings. The Hall–Kier alpha value is -2.24. The zero-order chi connectivity index (χ0) is 15.5. The molecule has 0 fully saturated rings.